The highest BCUT2D eigenvalue weighted by atomic mass is 31.1. The predicted molar refractivity (Wildman–Crippen MR) is 108 cm³/mol. The van der Waals surface area contributed by atoms with Gasteiger partial charge in [-0.2, -0.15) is 0 Å². The average molecular weight is 334 g/mol. The van der Waals surface area contributed by atoms with Gasteiger partial charge in [0.05, 0.1) is 0 Å². The summed E-state index contributed by atoms with van der Waals surface area (Å²) in [6.45, 7) is 4.76. The third kappa shape index (κ3) is 3.33. The number of nitrogens with zero attached hydrogens (tertiary/aromatic N) is 2. The minimum Gasteiger partial charge on any atom is -0.567 e. The molecule has 2 nitrogen and oxygen atoms in total. The largest absolute Gasteiger partial charge is 0.567 e. The van der Waals surface area contributed by atoms with E-state index in [9.17, 15) is 0 Å². The minimum atomic E-state index is -0.757. The Morgan fingerprint density at radius 1 is 0.583 bits per heavy atom. The van der Waals surface area contributed by atoms with E-state index in [1.54, 1.807) is 0 Å². The second-order valence-corrected chi connectivity index (χ2v) is 8.56. The van der Waals surface area contributed by atoms with Crippen LogP contribution >= 0.6 is 7.80 Å². The van der Waals surface area contributed by atoms with Gasteiger partial charge in [0.25, 0.3) is 0 Å². The molecule has 0 spiro atoms. The molecule has 2 aromatic rings. The quantitative estimate of drug-likeness (QED) is 0.625. The summed E-state index contributed by atoms with van der Waals surface area (Å²) in [6, 6.07) is 17.8. The molecule has 24 heavy (non-hydrogen) atoms. The molecular weight excluding hydrogens is 310 g/mol. The van der Waals surface area contributed by atoms with Crippen LogP contribution in [0.3, 0.4) is 0 Å². The second kappa shape index (κ2) is 7.19. The van der Waals surface area contributed by atoms with Crippen molar-refractivity contribution in [3.63, 3.8) is 0 Å². The van der Waals surface area contributed by atoms with Crippen molar-refractivity contribution in [2.45, 2.75) is 25.7 Å². The molecule has 0 N–H and O–H groups in total. The molecule has 2 aliphatic heterocycles. The summed E-state index contributed by atoms with van der Waals surface area (Å²) in [5.74, 6) is 0. The first-order valence-corrected chi connectivity index (χ1v) is 10.5. The van der Waals surface area contributed by atoms with E-state index in [1.165, 1.54) is 73.8 Å². The number of hydrogen-bond donors (Lipinski definition) is 0. The Balaban J connectivity index is 1.47. The Labute approximate surface area is 148 Å². The Morgan fingerprint density at radius 3 is 1.25 bits per heavy atom. The topological polar surface area (TPSA) is 6.48 Å². The highest BCUT2D eigenvalue weighted by molar-refractivity contribution is 7.94. The first kappa shape index (κ1) is 16.0. The molecule has 0 saturated carbocycles. The van der Waals surface area contributed by atoms with E-state index < -0.39 is 7.80 Å². The van der Waals surface area contributed by atoms with E-state index in [0.717, 1.165) is 0 Å². The van der Waals surface area contributed by atoms with Crippen LogP contribution < -0.4 is 20.4 Å². The monoisotopic (exact) mass is 334 g/mol. The van der Waals surface area contributed by atoms with Crippen LogP contribution in [0.1, 0.15) is 25.7 Å². The van der Waals surface area contributed by atoms with Gasteiger partial charge >= 0.3 is 0 Å². The summed E-state index contributed by atoms with van der Waals surface area (Å²) in [4.78, 5) is 4.93. The molecule has 0 aromatic heterocycles. The molecule has 0 bridgehead atoms. The number of hydrogen-bond acceptors (Lipinski definition) is 2. The van der Waals surface area contributed by atoms with Crippen LogP contribution in [-0.2, 0) is 0 Å². The van der Waals surface area contributed by atoms with Gasteiger partial charge in [0.15, 0.2) is 0 Å². The Bertz CT molecular complexity index is 600. The normalized spacial score (nSPS) is 17.9. The molecule has 2 aliphatic rings. The molecule has 0 unspecified atom stereocenters. The van der Waals surface area contributed by atoms with Gasteiger partial charge in [-0.3, -0.25) is 0 Å². The number of rotatable bonds is 4. The van der Waals surface area contributed by atoms with Crippen LogP contribution in [0.5, 0.6) is 0 Å². The van der Waals surface area contributed by atoms with Crippen LogP contribution in [0.15, 0.2) is 48.5 Å². The lowest BCUT2D eigenvalue weighted by Crippen LogP contribution is -2.19. The maximum Gasteiger partial charge on any atom is 0.0366 e. The Hall–Kier alpha value is -1.47. The molecule has 123 valence electrons. The molecule has 2 saturated heterocycles. The predicted octanol–water partition coefficient (Wildman–Crippen LogP) is 3.40. The van der Waals surface area contributed by atoms with Gasteiger partial charge in [0.1, 0.15) is 0 Å². The molecule has 4 rings (SSSR count). The summed E-state index contributed by atoms with van der Waals surface area (Å²) in [5, 5.41) is 2.50. The van der Waals surface area contributed by atoms with E-state index in [-0.39, 0.29) is 0 Å². The van der Waals surface area contributed by atoms with E-state index in [2.05, 4.69) is 58.3 Å². The molecule has 2 fully saturated rings. The third-order valence-corrected chi connectivity index (χ3v) is 6.91. The lowest BCUT2D eigenvalue weighted by atomic mass is 10.3. The second-order valence-electron chi connectivity index (χ2n) is 6.79. The zero-order valence-electron chi connectivity index (χ0n) is 14.2. The highest BCUT2D eigenvalue weighted by Gasteiger charge is 2.13. The smallest absolute Gasteiger partial charge is 0.0366 e. The molecule has 2 heterocycles. The fraction of sp³-hybridized carbons (Fsp3) is 0.400. The third-order valence-electron chi connectivity index (χ3n) is 5.20. The lowest BCUT2D eigenvalue weighted by molar-refractivity contribution is 0.949. The SMILES string of the molecule is [B-]P(c1ccc(N2CCCC2)cc1)c1ccc(N2CCCC2)cc1. The van der Waals surface area contributed by atoms with Crippen molar-refractivity contribution < 1.29 is 0 Å². The summed E-state index contributed by atoms with van der Waals surface area (Å²) < 4.78 is 0. The molecule has 0 aliphatic carbocycles. The molecular formula is C20H24BN2P-. The first-order chi connectivity index (χ1) is 11.8. The van der Waals surface area contributed by atoms with Crippen molar-refractivity contribution >= 4 is 37.3 Å². The van der Waals surface area contributed by atoms with Gasteiger partial charge in [0, 0.05) is 37.6 Å². The van der Waals surface area contributed by atoms with Crippen LogP contribution in [0.4, 0.5) is 11.4 Å². The van der Waals surface area contributed by atoms with Gasteiger partial charge in [-0.15, -0.1) is 0 Å². The van der Waals surface area contributed by atoms with E-state index in [0.29, 0.717) is 0 Å². The first-order valence-electron chi connectivity index (χ1n) is 9.06. The van der Waals surface area contributed by atoms with Crippen molar-refractivity contribution in [3.05, 3.63) is 48.5 Å². The molecule has 3 radical (unpaired) electrons. The van der Waals surface area contributed by atoms with Gasteiger partial charge in [-0.25, -0.2) is 0 Å². The average Bonchev–Trinajstić information content (AvgIpc) is 3.35. The van der Waals surface area contributed by atoms with Crippen molar-refractivity contribution in [2.75, 3.05) is 36.0 Å². The van der Waals surface area contributed by atoms with Gasteiger partial charge < -0.3 is 25.2 Å². The van der Waals surface area contributed by atoms with Gasteiger partial charge in [-0.1, -0.05) is 34.9 Å². The Kier molecular flexibility index (Phi) is 4.80. The van der Waals surface area contributed by atoms with Crippen molar-refractivity contribution in [1.82, 2.24) is 0 Å². The van der Waals surface area contributed by atoms with Crippen molar-refractivity contribution in [3.8, 4) is 0 Å². The highest BCUT2D eigenvalue weighted by Crippen LogP contribution is 2.30. The molecule has 4 heteroatoms. The molecule has 0 amide bonds. The zero-order chi connectivity index (χ0) is 16.4. The minimum absolute atomic E-state index is 0.757. The van der Waals surface area contributed by atoms with E-state index >= 15 is 0 Å². The maximum absolute atomic E-state index is 6.56. The lowest BCUT2D eigenvalue weighted by Gasteiger charge is -2.29. The van der Waals surface area contributed by atoms with Crippen molar-refractivity contribution in [1.29, 1.82) is 0 Å². The van der Waals surface area contributed by atoms with Gasteiger partial charge in [0.2, 0.25) is 0 Å². The van der Waals surface area contributed by atoms with Crippen molar-refractivity contribution in [2.24, 2.45) is 0 Å². The fourth-order valence-corrected chi connectivity index (χ4v) is 4.99. The van der Waals surface area contributed by atoms with Crippen LogP contribution in [0.2, 0.25) is 0 Å². The van der Waals surface area contributed by atoms with E-state index in [1.807, 2.05) is 0 Å². The van der Waals surface area contributed by atoms with Crippen LogP contribution in [0.25, 0.3) is 0 Å². The van der Waals surface area contributed by atoms with Crippen LogP contribution in [-0.4, -0.2) is 33.7 Å². The molecule has 0 atom stereocenters. The summed E-state index contributed by atoms with van der Waals surface area (Å²) in [5.41, 5.74) is 2.67. The number of anilines is 2. The van der Waals surface area contributed by atoms with Gasteiger partial charge in [-0.05, 0) is 49.9 Å². The molecule has 2 aromatic carbocycles. The fourth-order valence-electron chi connectivity index (χ4n) is 3.75. The summed E-state index contributed by atoms with van der Waals surface area (Å²) >= 11 is 0. The zero-order valence-corrected chi connectivity index (χ0v) is 15.1. The Morgan fingerprint density at radius 2 is 0.917 bits per heavy atom. The summed E-state index contributed by atoms with van der Waals surface area (Å²) in [7, 11) is 5.80. The van der Waals surface area contributed by atoms with Crippen LogP contribution in [0, 0.1) is 0 Å². The van der Waals surface area contributed by atoms with E-state index in [4.69, 9.17) is 7.57 Å². The summed E-state index contributed by atoms with van der Waals surface area (Å²) in [6.07, 6.45) is 5.26. The number of benzene rings is 2. The maximum atomic E-state index is 6.56. The standard InChI is InChI=1S/C20H24BN2P/c21-24(19-9-5-17(6-10-19)22-13-1-2-14-22)20-11-7-18(8-12-20)23-15-3-4-16-23/h5-12H,1-4,13-16H2/q-1.